The lowest BCUT2D eigenvalue weighted by atomic mass is 9.85. The number of benzene rings is 1. The summed E-state index contributed by atoms with van der Waals surface area (Å²) in [4.78, 5) is 14.8. The van der Waals surface area contributed by atoms with Gasteiger partial charge in [0.15, 0.2) is 5.75 Å². The molecule has 2 aliphatic rings. The molecule has 1 unspecified atom stereocenters. The third-order valence-electron chi connectivity index (χ3n) is 5.48. The number of nitrogens with zero attached hydrogens (tertiary/aromatic N) is 5. The Morgan fingerprint density at radius 3 is 2.62 bits per heavy atom. The molecule has 2 aliphatic heterocycles. The van der Waals surface area contributed by atoms with Gasteiger partial charge in [-0.15, -0.1) is 0 Å². The van der Waals surface area contributed by atoms with E-state index in [1.807, 2.05) is 18.6 Å². The van der Waals surface area contributed by atoms with Gasteiger partial charge in [0.1, 0.15) is 5.82 Å². The maximum absolute atomic E-state index is 14.6. The van der Waals surface area contributed by atoms with Gasteiger partial charge in [0, 0.05) is 24.2 Å². The van der Waals surface area contributed by atoms with Crippen molar-refractivity contribution in [3.8, 4) is 17.0 Å². The molecule has 3 aromatic rings. The molecule has 1 atom stereocenters. The van der Waals surface area contributed by atoms with Crippen LogP contribution in [0.3, 0.4) is 0 Å². The van der Waals surface area contributed by atoms with Crippen LogP contribution < -0.4 is 4.90 Å². The molecule has 132 valence electrons. The molecule has 0 radical (unpaired) electrons. The van der Waals surface area contributed by atoms with Crippen LogP contribution in [0, 0.1) is 11.7 Å². The molecule has 1 N–H and O–H groups in total. The second-order valence-electron chi connectivity index (χ2n) is 6.90. The topological polar surface area (TPSA) is 67.1 Å². The van der Waals surface area contributed by atoms with Crippen molar-refractivity contribution < 1.29 is 9.50 Å². The Labute approximate surface area is 150 Å². The van der Waals surface area contributed by atoms with Gasteiger partial charge in [-0.25, -0.2) is 19.3 Å². The summed E-state index contributed by atoms with van der Waals surface area (Å²) in [6, 6.07) is 5.28. The lowest BCUT2D eigenvalue weighted by molar-refractivity contribution is 0.310. The summed E-state index contributed by atoms with van der Waals surface area (Å²) in [5.74, 6) is 0.881. The molecule has 1 fully saturated rings. The van der Waals surface area contributed by atoms with E-state index in [2.05, 4.69) is 24.4 Å². The quantitative estimate of drug-likeness (QED) is 0.769. The predicted molar refractivity (Wildman–Crippen MR) is 94.4 cm³/mol. The number of aromatic nitrogens is 4. The fourth-order valence-corrected chi connectivity index (χ4v) is 4.29. The first-order valence-corrected chi connectivity index (χ1v) is 8.79. The van der Waals surface area contributed by atoms with Crippen LogP contribution >= 0.6 is 0 Å². The summed E-state index contributed by atoms with van der Waals surface area (Å²) in [6.45, 7) is 1.61. The minimum atomic E-state index is -0.138. The summed E-state index contributed by atoms with van der Waals surface area (Å²) in [6.07, 6.45) is 8.29. The molecule has 5 rings (SSSR count). The van der Waals surface area contributed by atoms with Gasteiger partial charge in [-0.2, -0.15) is 0 Å². The lowest BCUT2D eigenvalue weighted by Gasteiger charge is -2.35. The first-order chi connectivity index (χ1) is 12.7. The molecule has 0 saturated carbocycles. The molecule has 6 nitrogen and oxygen atoms in total. The van der Waals surface area contributed by atoms with Crippen molar-refractivity contribution in [2.24, 2.45) is 5.92 Å². The van der Waals surface area contributed by atoms with E-state index in [9.17, 15) is 9.50 Å². The summed E-state index contributed by atoms with van der Waals surface area (Å²) in [7, 11) is 0. The van der Waals surface area contributed by atoms with Gasteiger partial charge in [0.05, 0.1) is 36.7 Å². The first kappa shape index (κ1) is 15.3. The zero-order valence-corrected chi connectivity index (χ0v) is 14.1. The van der Waals surface area contributed by atoms with Crippen molar-refractivity contribution >= 4 is 5.95 Å². The summed E-state index contributed by atoms with van der Waals surface area (Å²) >= 11 is 0. The second kappa shape index (κ2) is 5.79. The molecule has 1 aromatic carbocycles. The number of rotatable bonds is 2. The SMILES string of the molecule is Oc1cnc(N2CCC(C3c4c(F)cccc4-c4cncn43)CC2)nc1. The van der Waals surface area contributed by atoms with Gasteiger partial charge in [0.2, 0.25) is 5.95 Å². The molecular formula is C19H18FN5O. The normalized spacial score (nSPS) is 19.4. The summed E-state index contributed by atoms with van der Waals surface area (Å²) in [5.41, 5.74) is 2.75. The minimum Gasteiger partial charge on any atom is -0.505 e. The molecule has 0 spiro atoms. The monoisotopic (exact) mass is 351 g/mol. The van der Waals surface area contributed by atoms with Crippen LogP contribution in [0.4, 0.5) is 10.3 Å². The minimum absolute atomic E-state index is 0.00779. The Bertz CT molecular complexity index is 947. The Kier molecular flexibility index (Phi) is 3.41. The van der Waals surface area contributed by atoms with Gasteiger partial charge in [-0.1, -0.05) is 12.1 Å². The summed E-state index contributed by atoms with van der Waals surface area (Å²) in [5, 5.41) is 9.34. The highest BCUT2D eigenvalue weighted by Gasteiger charge is 2.38. The molecular weight excluding hydrogens is 333 g/mol. The van der Waals surface area contributed by atoms with E-state index >= 15 is 0 Å². The van der Waals surface area contributed by atoms with Crippen molar-refractivity contribution in [1.82, 2.24) is 19.5 Å². The summed E-state index contributed by atoms with van der Waals surface area (Å²) < 4.78 is 16.7. The van der Waals surface area contributed by atoms with Crippen molar-refractivity contribution in [2.75, 3.05) is 18.0 Å². The smallest absolute Gasteiger partial charge is 0.225 e. The van der Waals surface area contributed by atoms with E-state index in [0.29, 0.717) is 11.9 Å². The highest BCUT2D eigenvalue weighted by molar-refractivity contribution is 5.69. The number of anilines is 1. The Hall–Kier alpha value is -2.96. The van der Waals surface area contributed by atoms with Gasteiger partial charge < -0.3 is 14.6 Å². The van der Waals surface area contributed by atoms with Crippen molar-refractivity contribution in [1.29, 1.82) is 0 Å². The van der Waals surface area contributed by atoms with E-state index < -0.39 is 0 Å². The van der Waals surface area contributed by atoms with E-state index in [0.717, 1.165) is 42.8 Å². The van der Waals surface area contributed by atoms with Crippen molar-refractivity contribution in [3.63, 3.8) is 0 Å². The fourth-order valence-electron chi connectivity index (χ4n) is 4.29. The number of fused-ring (bicyclic) bond motifs is 3. The zero-order valence-electron chi connectivity index (χ0n) is 14.1. The Morgan fingerprint density at radius 1 is 1.08 bits per heavy atom. The van der Waals surface area contributed by atoms with Crippen molar-refractivity contribution in [2.45, 2.75) is 18.9 Å². The highest BCUT2D eigenvalue weighted by Crippen LogP contribution is 2.46. The maximum atomic E-state index is 14.6. The molecule has 0 amide bonds. The average molecular weight is 351 g/mol. The molecule has 7 heteroatoms. The molecule has 4 heterocycles. The Morgan fingerprint density at radius 2 is 1.85 bits per heavy atom. The first-order valence-electron chi connectivity index (χ1n) is 8.79. The number of imidazole rings is 1. The highest BCUT2D eigenvalue weighted by atomic mass is 19.1. The van der Waals surface area contributed by atoms with Gasteiger partial charge >= 0.3 is 0 Å². The average Bonchev–Trinajstić information content (AvgIpc) is 3.24. The second-order valence-corrected chi connectivity index (χ2v) is 6.90. The fraction of sp³-hybridized carbons (Fsp3) is 0.316. The van der Waals surface area contributed by atoms with Crippen LogP contribution in [0.2, 0.25) is 0 Å². The number of aromatic hydroxyl groups is 1. The van der Waals surface area contributed by atoms with E-state index in [1.165, 1.54) is 12.4 Å². The van der Waals surface area contributed by atoms with Crippen molar-refractivity contribution in [3.05, 3.63) is 54.5 Å². The zero-order chi connectivity index (χ0) is 17.7. The van der Waals surface area contributed by atoms with Crippen LogP contribution in [0.15, 0.2) is 43.1 Å². The van der Waals surface area contributed by atoms with Crippen LogP contribution in [-0.2, 0) is 0 Å². The van der Waals surface area contributed by atoms with Crippen LogP contribution in [-0.4, -0.2) is 37.7 Å². The number of piperidine rings is 1. The maximum Gasteiger partial charge on any atom is 0.225 e. The molecule has 0 aliphatic carbocycles. The van der Waals surface area contributed by atoms with Crippen LogP contribution in [0.5, 0.6) is 5.75 Å². The third kappa shape index (κ3) is 2.27. The Balaban J connectivity index is 1.41. The molecule has 2 aromatic heterocycles. The van der Waals surface area contributed by atoms with Gasteiger partial charge in [-0.3, -0.25) is 0 Å². The molecule has 1 saturated heterocycles. The standard InChI is InChI=1S/C19H18FN5O/c20-15-3-1-2-14-16-10-21-11-25(16)18(17(14)15)12-4-6-24(7-5-12)19-22-8-13(26)9-23-19/h1-3,8-12,18,26H,4-7H2. The lowest BCUT2D eigenvalue weighted by Crippen LogP contribution is -2.37. The number of halogens is 1. The van der Waals surface area contributed by atoms with E-state index in [1.54, 1.807) is 12.1 Å². The number of hydrogen-bond acceptors (Lipinski definition) is 5. The van der Waals surface area contributed by atoms with Gasteiger partial charge in [-0.05, 0) is 24.8 Å². The number of hydrogen-bond donors (Lipinski definition) is 1. The molecule has 26 heavy (non-hydrogen) atoms. The third-order valence-corrected chi connectivity index (χ3v) is 5.48. The predicted octanol–water partition coefficient (Wildman–Crippen LogP) is 3.00. The van der Waals surface area contributed by atoms with E-state index in [4.69, 9.17) is 0 Å². The largest absolute Gasteiger partial charge is 0.505 e. The van der Waals surface area contributed by atoms with Gasteiger partial charge in [0.25, 0.3) is 0 Å². The molecule has 0 bridgehead atoms. The van der Waals surface area contributed by atoms with Crippen LogP contribution in [0.1, 0.15) is 24.4 Å². The van der Waals surface area contributed by atoms with Crippen LogP contribution in [0.25, 0.3) is 11.3 Å². The van der Waals surface area contributed by atoms with E-state index in [-0.39, 0.29) is 17.6 Å².